The van der Waals surface area contributed by atoms with Crippen molar-refractivity contribution < 1.29 is 0 Å². The van der Waals surface area contributed by atoms with Gasteiger partial charge in [-0.15, -0.1) is 0 Å². The van der Waals surface area contributed by atoms with Gasteiger partial charge in [0.15, 0.2) is 0 Å². The summed E-state index contributed by atoms with van der Waals surface area (Å²) < 4.78 is 2.33. The molecule has 0 N–H and O–H groups in total. The minimum absolute atomic E-state index is 1.19. The number of aromatic nitrogens is 1. The zero-order chi connectivity index (χ0) is 21.4. The molecule has 0 aliphatic heterocycles. The fourth-order valence-electron chi connectivity index (χ4n) is 4.58. The van der Waals surface area contributed by atoms with Crippen LogP contribution in [0.3, 0.4) is 0 Å². The Morgan fingerprint density at radius 1 is 0.774 bits per heavy atom. The maximum Gasteiger partial charge on any atom is 0.0568 e. The Labute approximate surface area is 184 Å². The molecule has 1 aromatic heterocycles. The molecule has 0 unspecified atom stereocenters. The first-order valence-electron chi connectivity index (χ1n) is 10.7. The maximum atomic E-state index is 3.37. The number of nitrogens with zero attached hydrogens (tertiary/aromatic N) is 1. The third-order valence-corrected chi connectivity index (χ3v) is 6.25. The summed E-state index contributed by atoms with van der Waals surface area (Å²) in [7, 11) is 2.17. The average Bonchev–Trinajstić information content (AvgIpc) is 3.11. The molecule has 0 spiro atoms. The summed E-state index contributed by atoms with van der Waals surface area (Å²) in [6.45, 7) is 4.35. The van der Waals surface area contributed by atoms with E-state index in [1.165, 1.54) is 55.6 Å². The van der Waals surface area contributed by atoms with Crippen molar-refractivity contribution in [2.45, 2.75) is 13.8 Å². The van der Waals surface area contributed by atoms with Crippen molar-refractivity contribution in [3.8, 4) is 11.3 Å². The molecular formula is C30H25N. The molecule has 0 fully saturated rings. The van der Waals surface area contributed by atoms with Gasteiger partial charge in [0.2, 0.25) is 0 Å². The molecular weight excluding hydrogens is 374 g/mol. The number of hydrogen-bond donors (Lipinski definition) is 0. The molecule has 0 amide bonds. The largest absolute Gasteiger partial charge is 0.343 e. The van der Waals surface area contributed by atoms with E-state index in [1.807, 2.05) is 6.08 Å². The standard InChI is InChI=1S/C30H25N/c1-21-13-12-19-25(22(21)2)28(23-14-6-4-7-15-23)29-26-18-10-11-20-27(26)31(3)30(29)24-16-8-5-9-17-24/h4-12,14-20H,1-3H3. The van der Waals surface area contributed by atoms with Crippen LogP contribution in [0.25, 0.3) is 27.7 Å². The minimum atomic E-state index is 1.19. The lowest BCUT2D eigenvalue weighted by molar-refractivity contribution is 0.976. The highest BCUT2D eigenvalue weighted by Gasteiger charge is 2.24. The summed E-state index contributed by atoms with van der Waals surface area (Å²) >= 11 is 0. The van der Waals surface area contributed by atoms with Crippen molar-refractivity contribution >= 4 is 16.5 Å². The molecule has 1 heteroatoms. The average molecular weight is 400 g/mol. The van der Waals surface area contributed by atoms with Crippen LogP contribution in [0.4, 0.5) is 0 Å². The maximum absolute atomic E-state index is 3.37. The Hall–Kier alpha value is -3.58. The molecule has 0 saturated heterocycles. The Kier molecular flexibility index (Phi) is 4.95. The summed E-state index contributed by atoms with van der Waals surface area (Å²) in [6, 6.07) is 30.2. The molecule has 1 aliphatic carbocycles. The van der Waals surface area contributed by atoms with Crippen molar-refractivity contribution in [2.75, 3.05) is 0 Å². The quantitative estimate of drug-likeness (QED) is 0.334. The fraction of sp³-hybridized carbons (Fsp3) is 0.100. The van der Waals surface area contributed by atoms with Gasteiger partial charge in [-0.05, 0) is 47.8 Å². The Bertz CT molecular complexity index is 1350. The summed E-state index contributed by atoms with van der Waals surface area (Å²) in [5.41, 5.74) is 11.2. The lowest BCUT2D eigenvalue weighted by Crippen LogP contribution is -2.02. The molecule has 1 nitrogen and oxygen atoms in total. The van der Waals surface area contributed by atoms with E-state index in [-0.39, 0.29) is 0 Å². The van der Waals surface area contributed by atoms with Gasteiger partial charge in [0.05, 0.1) is 5.69 Å². The number of benzene rings is 3. The van der Waals surface area contributed by atoms with Crippen molar-refractivity contribution in [1.29, 1.82) is 0 Å². The number of allylic oxidation sites excluding steroid dienone is 5. The van der Waals surface area contributed by atoms with Crippen LogP contribution in [0.5, 0.6) is 0 Å². The summed E-state index contributed by atoms with van der Waals surface area (Å²) in [5, 5.41) is 1.27. The normalized spacial score (nSPS) is 15.6. The molecule has 3 aromatic carbocycles. The van der Waals surface area contributed by atoms with Crippen LogP contribution in [0.15, 0.2) is 114 Å². The molecule has 1 aliphatic rings. The van der Waals surface area contributed by atoms with E-state index >= 15 is 0 Å². The zero-order valence-corrected chi connectivity index (χ0v) is 18.2. The van der Waals surface area contributed by atoms with E-state index in [4.69, 9.17) is 0 Å². The van der Waals surface area contributed by atoms with Crippen molar-refractivity contribution in [3.05, 3.63) is 131 Å². The summed E-state index contributed by atoms with van der Waals surface area (Å²) in [5.74, 6) is 0. The molecule has 4 aromatic rings. The molecule has 1 heterocycles. The second kappa shape index (κ2) is 7.92. The SMILES string of the molecule is CC1=C(C)C(=C(c2ccccc2)c2c(-c3ccccc3)n(C)c3ccccc23)C=C[C]1. The number of aryl methyl sites for hydroxylation is 1. The monoisotopic (exact) mass is 399 g/mol. The highest BCUT2D eigenvalue weighted by atomic mass is 15.0. The highest BCUT2D eigenvalue weighted by Crippen LogP contribution is 2.43. The van der Waals surface area contributed by atoms with Crippen LogP contribution in [0.1, 0.15) is 25.0 Å². The first-order chi connectivity index (χ1) is 15.2. The van der Waals surface area contributed by atoms with Gasteiger partial charge in [-0.25, -0.2) is 0 Å². The molecule has 0 saturated carbocycles. The summed E-state index contributed by atoms with van der Waals surface area (Å²) in [6.07, 6.45) is 7.63. The van der Waals surface area contributed by atoms with Crippen LogP contribution in [-0.2, 0) is 7.05 Å². The van der Waals surface area contributed by atoms with E-state index in [0.29, 0.717) is 0 Å². The number of fused-ring (bicyclic) bond motifs is 1. The second-order valence-corrected chi connectivity index (χ2v) is 8.05. The molecule has 150 valence electrons. The third kappa shape index (κ3) is 3.27. The first-order valence-corrected chi connectivity index (χ1v) is 10.7. The number of hydrogen-bond acceptors (Lipinski definition) is 0. The lowest BCUT2D eigenvalue weighted by Gasteiger charge is -2.20. The van der Waals surface area contributed by atoms with Crippen molar-refractivity contribution in [3.63, 3.8) is 0 Å². The minimum Gasteiger partial charge on any atom is -0.343 e. The van der Waals surface area contributed by atoms with Gasteiger partial charge >= 0.3 is 0 Å². The van der Waals surface area contributed by atoms with Crippen LogP contribution in [0, 0.1) is 6.42 Å². The molecule has 31 heavy (non-hydrogen) atoms. The van der Waals surface area contributed by atoms with E-state index in [0.717, 1.165) is 0 Å². The Morgan fingerprint density at radius 3 is 2.16 bits per heavy atom. The Balaban J connectivity index is 1.97. The first kappa shape index (κ1) is 19.4. The van der Waals surface area contributed by atoms with E-state index < -0.39 is 0 Å². The van der Waals surface area contributed by atoms with Crippen LogP contribution in [-0.4, -0.2) is 4.57 Å². The van der Waals surface area contributed by atoms with Gasteiger partial charge in [-0.1, -0.05) is 96.6 Å². The van der Waals surface area contributed by atoms with Crippen LogP contribution >= 0.6 is 0 Å². The Morgan fingerprint density at radius 2 is 1.42 bits per heavy atom. The predicted molar refractivity (Wildman–Crippen MR) is 132 cm³/mol. The van der Waals surface area contributed by atoms with Crippen molar-refractivity contribution in [1.82, 2.24) is 4.57 Å². The van der Waals surface area contributed by atoms with Gasteiger partial charge in [-0.3, -0.25) is 0 Å². The smallest absolute Gasteiger partial charge is 0.0568 e. The fourth-order valence-corrected chi connectivity index (χ4v) is 4.58. The third-order valence-electron chi connectivity index (χ3n) is 6.25. The lowest BCUT2D eigenvalue weighted by atomic mass is 9.83. The van der Waals surface area contributed by atoms with E-state index in [2.05, 4.69) is 123 Å². The zero-order valence-electron chi connectivity index (χ0n) is 18.2. The van der Waals surface area contributed by atoms with Crippen LogP contribution in [0.2, 0.25) is 0 Å². The number of rotatable bonds is 3. The second-order valence-electron chi connectivity index (χ2n) is 8.05. The van der Waals surface area contributed by atoms with E-state index in [1.54, 1.807) is 0 Å². The molecule has 0 bridgehead atoms. The van der Waals surface area contributed by atoms with Crippen LogP contribution < -0.4 is 0 Å². The molecule has 2 radical (unpaired) electrons. The molecule has 0 atom stereocenters. The number of para-hydroxylation sites is 1. The van der Waals surface area contributed by atoms with Gasteiger partial charge in [0.25, 0.3) is 0 Å². The summed E-state index contributed by atoms with van der Waals surface area (Å²) in [4.78, 5) is 0. The highest BCUT2D eigenvalue weighted by molar-refractivity contribution is 6.06. The van der Waals surface area contributed by atoms with Gasteiger partial charge < -0.3 is 4.57 Å². The van der Waals surface area contributed by atoms with Gasteiger partial charge in [0, 0.05) is 29.9 Å². The molecule has 5 rings (SSSR count). The predicted octanol–water partition coefficient (Wildman–Crippen LogP) is 7.63. The van der Waals surface area contributed by atoms with Gasteiger partial charge in [-0.2, -0.15) is 0 Å². The van der Waals surface area contributed by atoms with Crippen molar-refractivity contribution in [2.24, 2.45) is 7.05 Å². The topological polar surface area (TPSA) is 4.93 Å². The van der Waals surface area contributed by atoms with Gasteiger partial charge in [0.1, 0.15) is 0 Å². The van der Waals surface area contributed by atoms with E-state index in [9.17, 15) is 0 Å².